The molecule has 6 heteroatoms. The number of hydrogen-bond donors (Lipinski definition) is 1. The van der Waals surface area contributed by atoms with Crippen molar-refractivity contribution in [3.8, 4) is 0 Å². The zero-order chi connectivity index (χ0) is 18.8. The van der Waals surface area contributed by atoms with Gasteiger partial charge in [-0.25, -0.2) is 0 Å². The fourth-order valence-corrected chi connectivity index (χ4v) is 3.18. The molecule has 0 aliphatic carbocycles. The van der Waals surface area contributed by atoms with Crippen LogP contribution in [0.4, 0.5) is 0 Å². The Morgan fingerprint density at radius 2 is 1.96 bits per heavy atom. The summed E-state index contributed by atoms with van der Waals surface area (Å²) in [6.07, 6.45) is 1.02. The average Bonchev–Trinajstić information content (AvgIpc) is 3.02. The van der Waals surface area contributed by atoms with Crippen molar-refractivity contribution >= 4 is 11.8 Å². The third-order valence-electron chi connectivity index (χ3n) is 4.82. The summed E-state index contributed by atoms with van der Waals surface area (Å²) in [5.41, 5.74) is 1.04. The molecule has 1 aliphatic heterocycles. The predicted molar refractivity (Wildman–Crippen MR) is 102 cm³/mol. The number of rotatable bonds is 11. The molecule has 1 unspecified atom stereocenters. The number of hydrogen-bond acceptors (Lipinski definition) is 4. The molecule has 1 aromatic carbocycles. The number of amides is 2. The Bertz CT molecular complexity index is 561. The van der Waals surface area contributed by atoms with Gasteiger partial charge in [-0.3, -0.25) is 9.59 Å². The maximum atomic E-state index is 12.5. The first-order chi connectivity index (χ1) is 12.7. The summed E-state index contributed by atoms with van der Waals surface area (Å²) in [4.78, 5) is 28.6. The number of likely N-dealkylation sites (N-methyl/N-ethyl adjacent to an activating group) is 1. The van der Waals surface area contributed by atoms with Gasteiger partial charge >= 0.3 is 0 Å². The van der Waals surface area contributed by atoms with Crippen molar-refractivity contribution in [2.24, 2.45) is 0 Å². The van der Waals surface area contributed by atoms with Crippen LogP contribution in [0.25, 0.3) is 0 Å². The minimum Gasteiger partial charge on any atom is -0.378 e. The summed E-state index contributed by atoms with van der Waals surface area (Å²) in [7, 11) is 0. The Hall–Kier alpha value is -1.92. The summed E-state index contributed by atoms with van der Waals surface area (Å²) in [6.45, 7) is 9.32. The minimum absolute atomic E-state index is 0.0458. The van der Waals surface area contributed by atoms with Crippen LogP contribution in [-0.2, 0) is 20.9 Å². The van der Waals surface area contributed by atoms with Gasteiger partial charge < -0.3 is 19.9 Å². The lowest BCUT2D eigenvalue weighted by Gasteiger charge is -2.24. The van der Waals surface area contributed by atoms with Crippen molar-refractivity contribution in [3.63, 3.8) is 0 Å². The molecule has 6 nitrogen and oxygen atoms in total. The van der Waals surface area contributed by atoms with Gasteiger partial charge in [-0.15, -0.1) is 0 Å². The van der Waals surface area contributed by atoms with Crippen LogP contribution in [0.3, 0.4) is 0 Å². The van der Waals surface area contributed by atoms with Crippen molar-refractivity contribution in [1.82, 2.24) is 15.1 Å². The maximum absolute atomic E-state index is 12.5. The predicted octanol–water partition coefficient (Wildman–Crippen LogP) is 1.65. The second-order valence-electron chi connectivity index (χ2n) is 6.49. The molecule has 1 fully saturated rings. The molecule has 0 radical (unpaired) electrons. The second-order valence-corrected chi connectivity index (χ2v) is 6.49. The molecule has 0 spiro atoms. The van der Waals surface area contributed by atoms with Gasteiger partial charge in [-0.2, -0.15) is 0 Å². The summed E-state index contributed by atoms with van der Waals surface area (Å²) >= 11 is 0. The number of carbonyl (C=O) groups is 2. The summed E-state index contributed by atoms with van der Waals surface area (Å²) in [5, 5.41) is 2.91. The van der Waals surface area contributed by atoms with Crippen LogP contribution in [0, 0.1) is 0 Å². The van der Waals surface area contributed by atoms with Gasteiger partial charge in [0, 0.05) is 26.1 Å². The number of benzene rings is 1. The summed E-state index contributed by atoms with van der Waals surface area (Å²) in [6, 6.07) is 9.41. The van der Waals surface area contributed by atoms with E-state index in [-0.39, 0.29) is 17.9 Å². The maximum Gasteiger partial charge on any atom is 0.242 e. The number of nitrogens with one attached hydrogen (secondary N) is 1. The van der Waals surface area contributed by atoms with E-state index in [9.17, 15) is 9.59 Å². The van der Waals surface area contributed by atoms with Crippen LogP contribution >= 0.6 is 0 Å². The van der Waals surface area contributed by atoms with E-state index < -0.39 is 0 Å². The van der Waals surface area contributed by atoms with Gasteiger partial charge in [0.05, 0.1) is 13.2 Å². The number of likely N-dealkylation sites (tertiary alicyclic amines) is 1. The van der Waals surface area contributed by atoms with Crippen molar-refractivity contribution in [2.75, 3.05) is 39.4 Å². The fourth-order valence-electron chi connectivity index (χ4n) is 3.18. The van der Waals surface area contributed by atoms with E-state index in [1.807, 2.05) is 30.3 Å². The highest BCUT2D eigenvalue weighted by Gasteiger charge is 2.35. The highest BCUT2D eigenvalue weighted by Crippen LogP contribution is 2.21. The van der Waals surface area contributed by atoms with E-state index in [0.29, 0.717) is 39.1 Å². The zero-order valence-corrected chi connectivity index (χ0v) is 15.9. The normalized spacial score (nSPS) is 17.1. The summed E-state index contributed by atoms with van der Waals surface area (Å²) < 4.78 is 5.59. The van der Waals surface area contributed by atoms with Gasteiger partial charge in [0.25, 0.3) is 0 Å². The van der Waals surface area contributed by atoms with Crippen molar-refractivity contribution in [1.29, 1.82) is 0 Å². The Morgan fingerprint density at radius 3 is 2.65 bits per heavy atom. The molecule has 1 aromatic rings. The van der Waals surface area contributed by atoms with E-state index >= 15 is 0 Å². The largest absolute Gasteiger partial charge is 0.378 e. The van der Waals surface area contributed by atoms with Crippen LogP contribution in [0.15, 0.2) is 30.3 Å². The number of nitrogens with zero attached hydrogens (tertiary/aromatic N) is 2. The highest BCUT2D eigenvalue weighted by atomic mass is 16.5. The molecule has 2 amide bonds. The average molecular weight is 361 g/mol. The second kappa shape index (κ2) is 10.9. The highest BCUT2D eigenvalue weighted by molar-refractivity contribution is 5.90. The molecule has 144 valence electrons. The van der Waals surface area contributed by atoms with Crippen molar-refractivity contribution in [2.45, 2.75) is 39.3 Å². The minimum atomic E-state index is -0.376. The van der Waals surface area contributed by atoms with Gasteiger partial charge in [0.15, 0.2) is 0 Å². The van der Waals surface area contributed by atoms with Gasteiger partial charge in [-0.1, -0.05) is 44.2 Å². The van der Waals surface area contributed by atoms with Crippen LogP contribution in [0.1, 0.15) is 32.3 Å². The molecule has 1 heterocycles. The zero-order valence-electron chi connectivity index (χ0n) is 15.9. The van der Waals surface area contributed by atoms with E-state index in [1.54, 1.807) is 4.90 Å². The van der Waals surface area contributed by atoms with Gasteiger partial charge in [0.2, 0.25) is 11.8 Å². The van der Waals surface area contributed by atoms with Gasteiger partial charge in [-0.05, 0) is 25.1 Å². The third kappa shape index (κ3) is 6.11. The van der Waals surface area contributed by atoms with E-state index in [1.165, 1.54) is 0 Å². The number of carbonyl (C=O) groups excluding carboxylic acids is 2. The molecule has 1 atom stereocenters. The SMILES string of the molecule is CCN(CC)CCOCCNC(=O)C1CCC(=O)N1Cc1ccccc1. The lowest BCUT2D eigenvalue weighted by atomic mass is 10.1. The quantitative estimate of drug-likeness (QED) is 0.609. The van der Waals surface area contributed by atoms with Crippen LogP contribution in [0.5, 0.6) is 0 Å². The van der Waals surface area contributed by atoms with Crippen LogP contribution in [-0.4, -0.2) is 67.0 Å². The van der Waals surface area contributed by atoms with Crippen LogP contribution < -0.4 is 5.32 Å². The van der Waals surface area contributed by atoms with Crippen molar-refractivity contribution < 1.29 is 14.3 Å². The molecular weight excluding hydrogens is 330 g/mol. The first-order valence-electron chi connectivity index (χ1n) is 9.56. The lowest BCUT2D eigenvalue weighted by Crippen LogP contribution is -2.45. The smallest absolute Gasteiger partial charge is 0.242 e. The topological polar surface area (TPSA) is 61.9 Å². The molecule has 1 saturated heterocycles. The molecule has 26 heavy (non-hydrogen) atoms. The first kappa shape index (κ1) is 20.4. The van der Waals surface area contributed by atoms with E-state index in [0.717, 1.165) is 25.2 Å². The number of ether oxygens (including phenoxy) is 1. The molecule has 1 aliphatic rings. The molecule has 2 rings (SSSR count). The Balaban J connectivity index is 1.71. The molecule has 0 bridgehead atoms. The van der Waals surface area contributed by atoms with E-state index in [2.05, 4.69) is 24.1 Å². The summed E-state index contributed by atoms with van der Waals surface area (Å²) in [5.74, 6) is -0.0383. The molecular formula is C20H31N3O3. The van der Waals surface area contributed by atoms with E-state index in [4.69, 9.17) is 4.74 Å². The van der Waals surface area contributed by atoms with Crippen molar-refractivity contribution in [3.05, 3.63) is 35.9 Å². The standard InChI is InChI=1S/C20H31N3O3/c1-3-22(4-2)13-15-26-14-12-21-20(25)18-10-11-19(24)23(18)16-17-8-6-5-7-9-17/h5-9,18H,3-4,10-16H2,1-2H3,(H,21,25). The Kier molecular flexibility index (Phi) is 8.58. The van der Waals surface area contributed by atoms with Crippen LogP contribution in [0.2, 0.25) is 0 Å². The monoisotopic (exact) mass is 361 g/mol. The third-order valence-corrected chi connectivity index (χ3v) is 4.82. The molecule has 0 aromatic heterocycles. The van der Waals surface area contributed by atoms with Gasteiger partial charge in [0.1, 0.15) is 6.04 Å². The lowest BCUT2D eigenvalue weighted by molar-refractivity contribution is -0.135. The molecule has 1 N–H and O–H groups in total. The Labute approximate surface area is 156 Å². The molecule has 0 saturated carbocycles. The first-order valence-corrected chi connectivity index (χ1v) is 9.56. The Morgan fingerprint density at radius 1 is 1.23 bits per heavy atom. The fraction of sp³-hybridized carbons (Fsp3) is 0.600.